The third kappa shape index (κ3) is 2.62. The highest BCUT2D eigenvalue weighted by Gasteiger charge is 2.16. The van der Waals surface area contributed by atoms with Crippen LogP contribution in [-0.2, 0) is 11.2 Å². The zero-order valence-electron chi connectivity index (χ0n) is 12.4. The van der Waals surface area contributed by atoms with Crippen molar-refractivity contribution in [2.24, 2.45) is 5.92 Å². The topological polar surface area (TPSA) is 53.1 Å². The van der Waals surface area contributed by atoms with Gasteiger partial charge in [-0.15, -0.1) is 0 Å². The molecule has 0 saturated heterocycles. The van der Waals surface area contributed by atoms with Gasteiger partial charge in [-0.05, 0) is 42.5 Å². The van der Waals surface area contributed by atoms with E-state index in [-0.39, 0.29) is 5.92 Å². The number of carboxylic acids is 1. The number of hydrogen-bond donors (Lipinski definition) is 2. The number of aryl methyl sites for hydroxylation is 2. The summed E-state index contributed by atoms with van der Waals surface area (Å²) < 4.78 is 0. The van der Waals surface area contributed by atoms with Gasteiger partial charge in [-0.1, -0.05) is 26.8 Å². The first-order valence-electron chi connectivity index (χ1n) is 7.00. The van der Waals surface area contributed by atoms with Crippen LogP contribution in [0.5, 0.6) is 0 Å². The van der Waals surface area contributed by atoms with Crippen molar-refractivity contribution in [3.8, 4) is 0 Å². The fourth-order valence-corrected chi connectivity index (χ4v) is 2.63. The van der Waals surface area contributed by atoms with Crippen LogP contribution in [0, 0.1) is 12.8 Å². The highest BCUT2D eigenvalue weighted by molar-refractivity contribution is 6.00. The van der Waals surface area contributed by atoms with Crippen LogP contribution in [0.15, 0.2) is 24.3 Å². The lowest BCUT2D eigenvalue weighted by Gasteiger charge is -2.12. The van der Waals surface area contributed by atoms with Crippen molar-refractivity contribution in [3.63, 3.8) is 0 Å². The number of allylic oxidation sites excluding steroid dienone is 1. The number of benzene rings is 1. The maximum atomic E-state index is 11.1. The minimum atomic E-state index is -0.894. The molecule has 0 bridgehead atoms. The molecule has 0 aliphatic heterocycles. The summed E-state index contributed by atoms with van der Waals surface area (Å²) in [4.78, 5) is 14.4. The van der Waals surface area contributed by atoms with Gasteiger partial charge in [-0.2, -0.15) is 0 Å². The normalized spacial score (nSPS) is 12.3. The number of aromatic nitrogens is 1. The molecule has 106 valence electrons. The number of H-pyrrole nitrogens is 1. The van der Waals surface area contributed by atoms with Gasteiger partial charge in [0.2, 0.25) is 0 Å². The first kappa shape index (κ1) is 14.4. The van der Waals surface area contributed by atoms with Crippen LogP contribution in [0.1, 0.15) is 37.6 Å². The molecule has 0 aliphatic rings. The minimum Gasteiger partial charge on any atom is -0.478 e. The maximum Gasteiger partial charge on any atom is 0.328 e. The fraction of sp³-hybridized carbons (Fsp3) is 0.353. The summed E-state index contributed by atoms with van der Waals surface area (Å²) in [5.74, 6) is -0.733. The Labute approximate surface area is 119 Å². The minimum absolute atomic E-state index is 0.161. The second-order valence-electron chi connectivity index (χ2n) is 5.45. The number of carbonyl (C=O) groups is 1. The van der Waals surface area contributed by atoms with Crippen LogP contribution in [0.3, 0.4) is 0 Å². The SMILES string of the molecule is CCc1ccc2[nH]c(C)c(/C(=C/C(=O)O)C(C)C)c2c1. The van der Waals surface area contributed by atoms with Crippen molar-refractivity contribution < 1.29 is 9.90 Å². The molecule has 1 aromatic carbocycles. The van der Waals surface area contributed by atoms with Gasteiger partial charge in [-0.25, -0.2) is 4.79 Å². The van der Waals surface area contributed by atoms with E-state index < -0.39 is 5.97 Å². The summed E-state index contributed by atoms with van der Waals surface area (Å²) in [6, 6.07) is 6.34. The van der Waals surface area contributed by atoms with E-state index in [0.29, 0.717) is 0 Å². The van der Waals surface area contributed by atoms with Crippen molar-refractivity contribution >= 4 is 22.4 Å². The van der Waals surface area contributed by atoms with E-state index in [4.69, 9.17) is 5.11 Å². The van der Waals surface area contributed by atoms with Crippen LogP contribution in [-0.4, -0.2) is 16.1 Å². The number of nitrogens with one attached hydrogen (secondary N) is 1. The quantitative estimate of drug-likeness (QED) is 0.820. The Kier molecular flexibility index (Phi) is 3.98. The zero-order valence-corrected chi connectivity index (χ0v) is 12.4. The lowest BCUT2D eigenvalue weighted by atomic mass is 9.92. The Balaban J connectivity index is 2.73. The number of hydrogen-bond acceptors (Lipinski definition) is 1. The fourth-order valence-electron chi connectivity index (χ4n) is 2.63. The summed E-state index contributed by atoms with van der Waals surface area (Å²) in [7, 11) is 0. The van der Waals surface area contributed by atoms with Crippen molar-refractivity contribution in [2.75, 3.05) is 0 Å². The molecule has 2 N–H and O–H groups in total. The molecule has 1 heterocycles. The third-order valence-electron chi connectivity index (χ3n) is 3.65. The Hall–Kier alpha value is -2.03. The summed E-state index contributed by atoms with van der Waals surface area (Å²) >= 11 is 0. The molecule has 1 aromatic heterocycles. The van der Waals surface area contributed by atoms with Crippen molar-refractivity contribution in [2.45, 2.75) is 34.1 Å². The predicted octanol–water partition coefficient (Wildman–Crippen LogP) is 4.16. The van der Waals surface area contributed by atoms with Crippen molar-refractivity contribution in [1.29, 1.82) is 0 Å². The Morgan fingerprint density at radius 3 is 2.65 bits per heavy atom. The van der Waals surface area contributed by atoms with Gasteiger partial charge in [-0.3, -0.25) is 0 Å². The molecule has 2 rings (SSSR count). The van der Waals surface area contributed by atoms with E-state index in [1.807, 2.05) is 20.8 Å². The average Bonchev–Trinajstić information content (AvgIpc) is 2.70. The van der Waals surface area contributed by atoms with Gasteiger partial charge in [0.15, 0.2) is 0 Å². The number of carboxylic acid groups (broad SMARTS) is 1. The molecule has 20 heavy (non-hydrogen) atoms. The molecule has 0 amide bonds. The molecule has 0 atom stereocenters. The summed E-state index contributed by atoms with van der Waals surface area (Å²) in [5, 5.41) is 10.2. The molecule has 0 aliphatic carbocycles. The molecular formula is C17H21NO2. The third-order valence-corrected chi connectivity index (χ3v) is 3.65. The lowest BCUT2D eigenvalue weighted by molar-refractivity contribution is -0.131. The molecule has 0 unspecified atom stereocenters. The van der Waals surface area contributed by atoms with Crippen LogP contribution in [0.25, 0.3) is 16.5 Å². The summed E-state index contributed by atoms with van der Waals surface area (Å²) in [6.45, 7) is 8.17. The predicted molar refractivity (Wildman–Crippen MR) is 82.9 cm³/mol. The largest absolute Gasteiger partial charge is 0.478 e. The molecule has 3 nitrogen and oxygen atoms in total. The van der Waals surface area contributed by atoms with Gasteiger partial charge in [0.1, 0.15) is 0 Å². The number of fused-ring (bicyclic) bond motifs is 1. The molecule has 3 heteroatoms. The van der Waals surface area contributed by atoms with E-state index in [2.05, 4.69) is 30.1 Å². The average molecular weight is 271 g/mol. The molecule has 0 radical (unpaired) electrons. The molecule has 2 aromatic rings. The molecular weight excluding hydrogens is 250 g/mol. The molecule has 0 spiro atoms. The van der Waals surface area contributed by atoms with Gasteiger partial charge in [0, 0.05) is 28.2 Å². The van der Waals surface area contributed by atoms with Crippen molar-refractivity contribution in [1.82, 2.24) is 4.98 Å². The van der Waals surface area contributed by atoms with E-state index in [1.54, 1.807) is 0 Å². The number of aliphatic carboxylic acids is 1. The highest BCUT2D eigenvalue weighted by Crippen LogP contribution is 2.33. The van der Waals surface area contributed by atoms with Gasteiger partial charge < -0.3 is 10.1 Å². The zero-order chi connectivity index (χ0) is 14.9. The second kappa shape index (κ2) is 5.53. The summed E-state index contributed by atoms with van der Waals surface area (Å²) in [5.41, 5.74) is 5.25. The molecule has 0 saturated carbocycles. The smallest absolute Gasteiger partial charge is 0.328 e. The second-order valence-corrected chi connectivity index (χ2v) is 5.45. The Bertz CT molecular complexity index is 678. The van der Waals surface area contributed by atoms with Crippen LogP contribution >= 0.6 is 0 Å². The van der Waals surface area contributed by atoms with E-state index in [1.165, 1.54) is 11.6 Å². The van der Waals surface area contributed by atoms with Gasteiger partial charge >= 0.3 is 5.97 Å². The maximum absolute atomic E-state index is 11.1. The van der Waals surface area contributed by atoms with Crippen molar-refractivity contribution in [3.05, 3.63) is 41.1 Å². The number of rotatable bonds is 4. The van der Waals surface area contributed by atoms with E-state index in [9.17, 15) is 4.79 Å². The van der Waals surface area contributed by atoms with Gasteiger partial charge in [0.25, 0.3) is 0 Å². The lowest BCUT2D eigenvalue weighted by Crippen LogP contribution is -2.00. The first-order valence-corrected chi connectivity index (χ1v) is 7.00. The summed E-state index contributed by atoms with van der Waals surface area (Å²) in [6.07, 6.45) is 2.30. The standard InChI is InChI=1S/C17H21NO2/c1-5-12-6-7-15-14(8-12)17(11(4)18-15)13(10(2)3)9-16(19)20/h6-10,18H,5H2,1-4H3,(H,19,20)/b13-9+. The van der Waals surface area contributed by atoms with Gasteiger partial charge in [0.05, 0.1) is 0 Å². The van der Waals surface area contributed by atoms with E-state index >= 15 is 0 Å². The van der Waals surface area contributed by atoms with Crippen LogP contribution in [0.2, 0.25) is 0 Å². The Morgan fingerprint density at radius 2 is 2.10 bits per heavy atom. The molecule has 0 fully saturated rings. The number of aromatic amines is 1. The van der Waals surface area contributed by atoms with Crippen LogP contribution < -0.4 is 0 Å². The first-order chi connectivity index (χ1) is 9.43. The monoisotopic (exact) mass is 271 g/mol. The van der Waals surface area contributed by atoms with Crippen LogP contribution in [0.4, 0.5) is 0 Å². The Morgan fingerprint density at radius 1 is 1.40 bits per heavy atom. The van der Waals surface area contributed by atoms with E-state index in [0.717, 1.165) is 34.2 Å². The highest BCUT2D eigenvalue weighted by atomic mass is 16.4.